The number of nitrogens with zero attached hydrogens (tertiary/aromatic N) is 5. The number of hydrogen-bond donors (Lipinski definition) is 2. The van der Waals surface area contributed by atoms with Gasteiger partial charge in [-0.25, -0.2) is 14.7 Å². The van der Waals surface area contributed by atoms with Gasteiger partial charge in [0.05, 0.1) is 13.1 Å². The van der Waals surface area contributed by atoms with Crippen LogP contribution in [0.5, 0.6) is 0 Å². The average molecular weight is 400 g/mol. The van der Waals surface area contributed by atoms with Gasteiger partial charge in [-0.3, -0.25) is 0 Å². The second kappa shape index (κ2) is 9.73. The fourth-order valence-corrected chi connectivity index (χ4v) is 3.48. The number of benzene rings is 1. The van der Waals surface area contributed by atoms with Crippen LogP contribution in [0.2, 0.25) is 0 Å². The number of ether oxygens (including phenoxy) is 1. The zero-order valence-corrected chi connectivity index (χ0v) is 18.2. The van der Waals surface area contributed by atoms with Crippen molar-refractivity contribution in [2.45, 2.75) is 52.4 Å². The zero-order valence-electron chi connectivity index (χ0n) is 18.2. The second-order valence-corrected chi connectivity index (χ2v) is 7.64. The van der Waals surface area contributed by atoms with E-state index in [0.29, 0.717) is 13.2 Å². The van der Waals surface area contributed by atoms with Gasteiger partial charge in [0, 0.05) is 45.9 Å². The Morgan fingerprint density at radius 1 is 1.38 bits per heavy atom. The van der Waals surface area contributed by atoms with Crippen molar-refractivity contribution in [2.24, 2.45) is 4.99 Å². The van der Waals surface area contributed by atoms with E-state index in [9.17, 15) is 0 Å². The maximum Gasteiger partial charge on any atom is 0.191 e. The molecular weight excluding hydrogens is 366 g/mol. The normalized spacial score (nSPS) is 16.4. The number of methoxy groups -OCH3 is 1. The minimum absolute atomic E-state index is 0.273. The predicted molar refractivity (Wildman–Crippen MR) is 116 cm³/mol. The summed E-state index contributed by atoms with van der Waals surface area (Å²) < 4.78 is 7.14. The smallest absolute Gasteiger partial charge is 0.191 e. The van der Waals surface area contributed by atoms with Crippen molar-refractivity contribution in [1.82, 2.24) is 25.4 Å². The Morgan fingerprint density at radius 2 is 2.21 bits per heavy atom. The summed E-state index contributed by atoms with van der Waals surface area (Å²) in [6.07, 6.45) is 1.91. The summed E-state index contributed by atoms with van der Waals surface area (Å²) >= 11 is 0. The van der Waals surface area contributed by atoms with Crippen LogP contribution in [-0.4, -0.2) is 54.5 Å². The summed E-state index contributed by atoms with van der Waals surface area (Å²) in [4.78, 5) is 11.5. The highest BCUT2D eigenvalue weighted by Gasteiger charge is 2.22. The third kappa shape index (κ3) is 5.47. The molecular formula is C21H33N7O. The average Bonchev–Trinajstić information content (AvgIpc) is 3.09. The van der Waals surface area contributed by atoms with Crippen molar-refractivity contribution in [2.75, 3.05) is 32.6 Å². The molecule has 0 saturated heterocycles. The Balaban J connectivity index is 1.65. The first-order valence-corrected chi connectivity index (χ1v) is 10.2. The molecule has 3 rings (SSSR count). The lowest BCUT2D eigenvalue weighted by Gasteiger charge is -2.25. The van der Waals surface area contributed by atoms with E-state index in [1.54, 1.807) is 7.11 Å². The monoisotopic (exact) mass is 399 g/mol. The van der Waals surface area contributed by atoms with E-state index < -0.39 is 0 Å². The molecule has 158 valence electrons. The summed E-state index contributed by atoms with van der Waals surface area (Å²) in [5.41, 5.74) is 3.70. The Morgan fingerprint density at radius 3 is 2.90 bits per heavy atom. The van der Waals surface area contributed by atoms with Crippen molar-refractivity contribution in [3.63, 3.8) is 0 Å². The predicted octanol–water partition coefficient (Wildman–Crippen LogP) is 1.87. The molecule has 0 bridgehead atoms. The summed E-state index contributed by atoms with van der Waals surface area (Å²) in [7, 11) is 5.78. The third-order valence-electron chi connectivity index (χ3n) is 5.11. The van der Waals surface area contributed by atoms with Crippen LogP contribution in [0, 0.1) is 6.92 Å². The first kappa shape index (κ1) is 21.1. The standard InChI is InChI=1S/C21H33N7O/c1-6-22-21(23-12-16-7-9-18(27(3)4)11-15(16)2)24-17-8-10-20-25-19(14-29-5)26-28(20)13-17/h7,9,11,17H,6,8,10,12-14H2,1-5H3,(H2,22,23,24). The molecule has 0 radical (unpaired) electrons. The number of guanidine groups is 1. The van der Waals surface area contributed by atoms with E-state index in [-0.39, 0.29) is 6.04 Å². The summed E-state index contributed by atoms with van der Waals surface area (Å²) in [5.74, 6) is 2.63. The van der Waals surface area contributed by atoms with Gasteiger partial charge in [-0.05, 0) is 43.5 Å². The first-order chi connectivity index (χ1) is 14.0. The van der Waals surface area contributed by atoms with Crippen molar-refractivity contribution < 1.29 is 4.74 Å². The van der Waals surface area contributed by atoms with Gasteiger partial charge < -0.3 is 20.3 Å². The first-order valence-electron chi connectivity index (χ1n) is 10.2. The summed E-state index contributed by atoms with van der Waals surface area (Å²) in [6, 6.07) is 6.78. The highest BCUT2D eigenvalue weighted by Crippen LogP contribution is 2.18. The Kier molecular flexibility index (Phi) is 7.09. The maximum atomic E-state index is 5.15. The van der Waals surface area contributed by atoms with Crippen LogP contribution >= 0.6 is 0 Å². The number of anilines is 1. The van der Waals surface area contributed by atoms with E-state index in [1.165, 1.54) is 16.8 Å². The molecule has 1 aliphatic heterocycles. The van der Waals surface area contributed by atoms with Gasteiger partial charge in [0.25, 0.3) is 0 Å². The molecule has 8 nitrogen and oxygen atoms in total. The Labute approximate surface area is 173 Å². The minimum Gasteiger partial charge on any atom is -0.378 e. The Hall–Kier alpha value is -2.61. The van der Waals surface area contributed by atoms with Crippen LogP contribution in [-0.2, 0) is 30.9 Å². The van der Waals surface area contributed by atoms with Gasteiger partial charge in [0.2, 0.25) is 0 Å². The topological polar surface area (TPSA) is 79.6 Å². The molecule has 0 fully saturated rings. The van der Waals surface area contributed by atoms with Crippen LogP contribution in [0.3, 0.4) is 0 Å². The van der Waals surface area contributed by atoms with E-state index in [2.05, 4.69) is 71.8 Å². The number of nitrogens with one attached hydrogen (secondary N) is 2. The fraction of sp³-hybridized carbons (Fsp3) is 0.571. The van der Waals surface area contributed by atoms with Crippen molar-refractivity contribution in [3.8, 4) is 0 Å². The molecule has 0 amide bonds. The molecule has 1 unspecified atom stereocenters. The van der Waals surface area contributed by atoms with Crippen LogP contribution in [0.1, 0.15) is 36.1 Å². The molecule has 0 spiro atoms. The number of hydrogen-bond acceptors (Lipinski definition) is 5. The van der Waals surface area contributed by atoms with E-state index in [0.717, 1.165) is 43.5 Å². The highest BCUT2D eigenvalue weighted by atomic mass is 16.5. The van der Waals surface area contributed by atoms with E-state index in [1.807, 2.05) is 4.68 Å². The van der Waals surface area contributed by atoms with Gasteiger partial charge in [-0.2, -0.15) is 5.10 Å². The van der Waals surface area contributed by atoms with Crippen LogP contribution in [0.4, 0.5) is 5.69 Å². The molecule has 1 aromatic heterocycles. The van der Waals surface area contributed by atoms with Crippen LogP contribution in [0.15, 0.2) is 23.2 Å². The molecule has 1 aliphatic rings. The Bertz CT molecular complexity index is 844. The van der Waals surface area contributed by atoms with Gasteiger partial charge >= 0.3 is 0 Å². The van der Waals surface area contributed by atoms with Crippen molar-refractivity contribution >= 4 is 11.6 Å². The summed E-state index contributed by atoms with van der Waals surface area (Å²) in [6.45, 7) is 6.93. The van der Waals surface area contributed by atoms with Gasteiger partial charge in [0.1, 0.15) is 12.4 Å². The molecule has 1 aromatic carbocycles. The molecule has 0 saturated carbocycles. The van der Waals surface area contributed by atoms with Gasteiger partial charge in [-0.15, -0.1) is 0 Å². The fourth-order valence-electron chi connectivity index (χ4n) is 3.48. The van der Waals surface area contributed by atoms with Crippen LogP contribution < -0.4 is 15.5 Å². The molecule has 2 heterocycles. The van der Waals surface area contributed by atoms with Crippen molar-refractivity contribution in [3.05, 3.63) is 41.0 Å². The number of aliphatic imine (C=N–C) groups is 1. The van der Waals surface area contributed by atoms with E-state index >= 15 is 0 Å². The third-order valence-corrected chi connectivity index (χ3v) is 5.11. The molecule has 0 aliphatic carbocycles. The minimum atomic E-state index is 0.273. The number of aromatic nitrogens is 3. The lowest BCUT2D eigenvalue weighted by Crippen LogP contribution is -2.47. The molecule has 1 atom stereocenters. The SMILES string of the molecule is CCNC(=NCc1ccc(N(C)C)cc1C)NC1CCc2nc(COC)nn2C1. The van der Waals surface area contributed by atoms with Crippen LogP contribution in [0.25, 0.3) is 0 Å². The number of fused-ring (bicyclic) bond motifs is 1. The molecule has 2 N–H and O–H groups in total. The number of rotatable bonds is 7. The molecule has 2 aromatic rings. The lowest BCUT2D eigenvalue weighted by atomic mass is 10.1. The molecule has 29 heavy (non-hydrogen) atoms. The maximum absolute atomic E-state index is 5.15. The van der Waals surface area contributed by atoms with Gasteiger partial charge in [0.15, 0.2) is 11.8 Å². The van der Waals surface area contributed by atoms with Gasteiger partial charge in [-0.1, -0.05) is 6.07 Å². The molecule has 8 heteroatoms. The second-order valence-electron chi connectivity index (χ2n) is 7.64. The number of aryl methyl sites for hydroxylation is 2. The van der Waals surface area contributed by atoms with Crippen molar-refractivity contribution in [1.29, 1.82) is 0 Å². The quantitative estimate of drug-likeness (QED) is 0.547. The van der Waals surface area contributed by atoms with E-state index in [4.69, 9.17) is 9.73 Å². The lowest BCUT2D eigenvalue weighted by molar-refractivity contribution is 0.177. The summed E-state index contributed by atoms with van der Waals surface area (Å²) in [5, 5.41) is 11.5. The highest BCUT2D eigenvalue weighted by molar-refractivity contribution is 5.80. The largest absolute Gasteiger partial charge is 0.378 e. The zero-order chi connectivity index (χ0) is 20.8.